The van der Waals surface area contributed by atoms with Crippen molar-refractivity contribution < 1.29 is 9.13 Å². The maximum atomic E-state index is 13.2. The molecule has 1 aliphatic rings. The van der Waals surface area contributed by atoms with Gasteiger partial charge in [0.1, 0.15) is 11.9 Å². The van der Waals surface area contributed by atoms with Crippen LogP contribution in [-0.4, -0.2) is 31.2 Å². The van der Waals surface area contributed by atoms with E-state index in [-0.39, 0.29) is 5.56 Å². The predicted octanol–water partition coefficient (Wildman–Crippen LogP) is 2.31. The van der Waals surface area contributed by atoms with E-state index in [1.807, 2.05) is 6.07 Å². The Hall–Kier alpha value is -1.44. The molecule has 1 fully saturated rings. The van der Waals surface area contributed by atoms with E-state index in [4.69, 9.17) is 10.00 Å². The lowest BCUT2D eigenvalue weighted by molar-refractivity contribution is 0.0407. The fourth-order valence-corrected chi connectivity index (χ4v) is 2.30. The summed E-state index contributed by atoms with van der Waals surface area (Å²) in [6, 6.07) is 7.12. The Kier molecular flexibility index (Phi) is 4.29. The molecular formula is C14H17FN2O. The highest BCUT2D eigenvalue weighted by molar-refractivity contribution is 5.34. The first-order valence-electron chi connectivity index (χ1n) is 6.17. The van der Waals surface area contributed by atoms with Crippen molar-refractivity contribution in [2.45, 2.75) is 25.4 Å². The normalized spacial score (nSPS) is 16.8. The molecule has 0 spiro atoms. The molecule has 1 aromatic rings. The summed E-state index contributed by atoms with van der Waals surface area (Å²) in [5.41, 5.74) is 1.09. The van der Waals surface area contributed by atoms with Gasteiger partial charge in [-0.2, -0.15) is 5.26 Å². The smallest absolute Gasteiger partial charge is 0.140 e. The van der Waals surface area contributed by atoms with Gasteiger partial charge in [0.25, 0.3) is 0 Å². The van der Waals surface area contributed by atoms with Crippen LogP contribution in [0, 0.1) is 17.1 Å². The number of hydrogen-bond acceptors (Lipinski definition) is 3. The fraction of sp³-hybridized carbons (Fsp3) is 0.500. The van der Waals surface area contributed by atoms with Gasteiger partial charge in [0, 0.05) is 25.8 Å². The van der Waals surface area contributed by atoms with Crippen molar-refractivity contribution in [3.8, 4) is 6.07 Å². The molecule has 2 rings (SSSR count). The first-order chi connectivity index (χ1) is 8.70. The Bertz CT molecular complexity index is 450. The molecule has 0 unspecified atom stereocenters. The van der Waals surface area contributed by atoms with E-state index in [0.717, 1.165) is 38.2 Å². The van der Waals surface area contributed by atoms with E-state index in [9.17, 15) is 4.39 Å². The van der Waals surface area contributed by atoms with Crippen LogP contribution in [0.3, 0.4) is 0 Å². The molecule has 0 radical (unpaired) electrons. The number of halogens is 1. The van der Waals surface area contributed by atoms with Crippen molar-refractivity contribution in [3.05, 3.63) is 35.1 Å². The molecule has 96 valence electrons. The zero-order valence-corrected chi connectivity index (χ0v) is 10.5. The maximum absolute atomic E-state index is 13.2. The second-order valence-corrected chi connectivity index (χ2v) is 4.68. The molecule has 0 saturated carbocycles. The van der Waals surface area contributed by atoms with Gasteiger partial charge in [-0.25, -0.2) is 4.39 Å². The zero-order valence-electron chi connectivity index (χ0n) is 10.5. The molecule has 0 bridgehead atoms. The van der Waals surface area contributed by atoms with Gasteiger partial charge in [-0.1, -0.05) is 6.07 Å². The summed E-state index contributed by atoms with van der Waals surface area (Å²) in [6.07, 6.45) is 2.06. The van der Waals surface area contributed by atoms with Crippen LogP contribution in [0.15, 0.2) is 18.2 Å². The molecule has 1 aromatic carbocycles. The second-order valence-electron chi connectivity index (χ2n) is 4.68. The first-order valence-corrected chi connectivity index (χ1v) is 6.17. The van der Waals surface area contributed by atoms with Crippen molar-refractivity contribution in [1.29, 1.82) is 5.26 Å². The number of hydrogen-bond donors (Lipinski definition) is 0. The number of rotatable bonds is 3. The SMILES string of the molecule is CN(Cc1ccc(F)c(C#N)c1)C1CCOCC1. The van der Waals surface area contributed by atoms with Crippen LogP contribution in [0.5, 0.6) is 0 Å². The van der Waals surface area contributed by atoms with E-state index in [0.29, 0.717) is 6.04 Å². The number of nitriles is 1. The van der Waals surface area contributed by atoms with Crippen molar-refractivity contribution in [1.82, 2.24) is 4.90 Å². The third kappa shape index (κ3) is 3.06. The van der Waals surface area contributed by atoms with Crippen molar-refractivity contribution in [3.63, 3.8) is 0 Å². The summed E-state index contributed by atoms with van der Waals surface area (Å²) in [5, 5.41) is 8.81. The van der Waals surface area contributed by atoms with Crippen molar-refractivity contribution in [2.24, 2.45) is 0 Å². The Morgan fingerprint density at radius 1 is 1.44 bits per heavy atom. The van der Waals surface area contributed by atoms with Gasteiger partial charge in [-0.3, -0.25) is 4.90 Å². The van der Waals surface area contributed by atoms with Gasteiger partial charge < -0.3 is 4.74 Å². The fourth-order valence-electron chi connectivity index (χ4n) is 2.30. The second kappa shape index (κ2) is 5.94. The van der Waals surface area contributed by atoms with Crippen molar-refractivity contribution in [2.75, 3.05) is 20.3 Å². The largest absolute Gasteiger partial charge is 0.381 e. The van der Waals surface area contributed by atoms with Crippen LogP contribution in [0.2, 0.25) is 0 Å². The van der Waals surface area contributed by atoms with Crippen LogP contribution < -0.4 is 0 Å². The molecule has 1 saturated heterocycles. The summed E-state index contributed by atoms with van der Waals surface area (Å²) in [4.78, 5) is 2.25. The first kappa shape index (κ1) is 13.0. The van der Waals surface area contributed by atoms with Crippen LogP contribution in [0.1, 0.15) is 24.0 Å². The molecule has 0 atom stereocenters. The lowest BCUT2D eigenvalue weighted by Crippen LogP contribution is -2.36. The van der Waals surface area contributed by atoms with E-state index < -0.39 is 5.82 Å². The lowest BCUT2D eigenvalue weighted by Gasteiger charge is -2.31. The minimum atomic E-state index is -0.449. The summed E-state index contributed by atoms with van der Waals surface area (Å²) in [7, 11) is 2.06. The van der Waals surface area contributed by atoms with Crippen molar-refractivity contribution >= 4 is 0 Å². The maximum Gasteiger partial charge on any atom is 0.140 e. The third-order valence-electron chi connectivity index (χ3n) is 3.40. The Morgan fingerprint density at radius 2 is 2.17 bits per heavy atom. The van der Waals surface area contributed by atoms with E-state index in [1.165, 1.54) is 6.07 Å². The molecule has 0 aromatic heterocycles. The topological polar surface area (TPSA) is 36.3 Å². The molecule has 18 heavy (non-hydrogen) atoms. The van der Waals surface area contributed by atoms with Gasteiger partial charge in [0.05, 0.1) is 5.56 Å². The molecule has 1 heterocycles. The average molecular weight is 248 g/mol. The highest BCUT2D eigenvalue weighted by Gasteiger charge is 2.18. The van der Waals surface area contributed by atoms with E-state index >= 15 is 0 Å². The molecule has 0 N–H and O–H groups in total. The Morgan fingerprint density at radius 3 is 2.83 bits per heavy atom. The summed E-state index contributed by atoms with van der Waals surface area (Å²) in [5.74, 6) is -0.449. The highest BCUT2D eigenvalue weighted by atomic mass is 19.1. The molecule has 4 heteroatoms. The predicted molar refractivity (Wildman–Crippen MR) is 66.4 cm³/mol. The number of nitrogens with zero attached hydrogens (tertiary/aromatic N) is 2. The molecule has 1 aliphatic heterocycles. The van der Waals surface area contributed by atoms with Gasteiger partial charge in [-0.05, 0) is 37.6 Å². The minimum absolute atomic E-state index is 0.118. The van der Waals surface area contributed by atoms with Crippen LogP contribution in [0.25, 0.3) is 0 Å². The average Bonchev–Trinajstić information content (AvgIpc) is 2.42. The Balaban J connectivity index is 2.02. The summed E-state index contributed by atoms with van der Waals surface area (Å²) >= 11 is 0. The monoisotopic (exact) mass is 248 g/mol. The quantitative estimate of drug-likeness (QED) is 0.823. The van der Waals surface area contributed by atoms with Gasteiger partial charge >= 0.3 is 0 Å². The molecule has 0 amide bonds. The van der Waals surface area contributed by atoms with Gasteiger partial charge in [0.2, 0.25) is 0 Å². The van der Waals surface area contributed by atoms with Crippen LogP contribution >= 0.6 is 0 Å². The summed E-state index contributed by atoms with van der Waals surface area (Å²) < 4.78 is 18.5. The lowest BCUT2D eigenvalue weighted by atomic mass is 10.1. The zero-order chi connectivity index (χ0) is 13.0. The van der Waals surface area contributed by atoms with E-state index in [2.05, 4.69) is 11.9 Å². The standard InChI is InChI=1S/C14H17FN2O/c1-17(13-4-6-18-7-5-13)10-11-2-3-14(15)12(8-11)9-16/h2-3,8,13H,4-7,10H2,1H3. The molecule has 3 nitrogen and oxygen atoms in total. The van der Waals surface area contributed by atoms with Crippen LogP contribution in [0.4, 0.5) is 4.39 Å². The van der Waals surface area contributed by atoms with E-state index in [1.54, 1.807) is 12.1 Å². The van der Waals surface area contributed by atoms with Gasteiger partial charge in [-0.15, -0.1) is 0 Å². The highest BCUT2D eigenvalue weighted by Crippen LogP contribution is 2.17. The van der Waals surface area contributed by atoms with Crippen LogP contribution in [-0.2, 0) is 11.3 Å². The Labute approximate surface area is 107 Å². The summed E-state index contributed by atoms with van der Waals surface area (Å²) in [6.45, 7) is 2.35. The molecule has 0 aliphatic carbocycles. The number of ether oxygens (including phenoxy) is 1. The minimum Gasteiger partial charge on any atom is -0.381 e. The molecular weight excluding hydrogens is 231 g/mol. The van der Waals surface area contributed by atoms with Gasteiger partial charge in [0.15, 0.2) is 0 Å². The third-order valence-corrected chi connectivity index (χ3v) is 3.40. The number of benzene rings is 1.